The first kappa shape index (κ1) is 17.0. The molecule has 21 heavy (non-hydrogen) atoms. The molecule has 2 aromatic carbocycles. The summed E-state index contributed by atoms with van der Waals surface area (Å²) in [5.74, 6) is 0.0752. The zero-order valence-corrected chi connectivity index (χ0v) is 11.7. The van der Waals surface area contributed by atoms with Crippen LogP contribution in [-0.2, 0) is 0 Å². The molecule has 2 aromatic rings. The summed E-state index contributed by atoms with van der Waals surface area (Å²) in [6, 6.07) is 18.6. The fourth-order valence-electron chi connectivity index (χ4n) is 1.62. The van der Waals surface area contributed by atoms with Crippen LogP contribution < -0.4 is 0 Å². The van der Waals surface area contributed by atoms with Crippen molar-refractivity contribution < 1.29 is 20.1 Å². The Kier molecular flexibility index (Phi) is 7.97. The maximum atomic E-state index is 11.8. The summed E-state index contributed by atoms with van der Waals surface area (Å²) in [7, 11) is 0. The smallest absolute Gasteiger partial charge is 0.193 e. The van der Waals surface area contributed by atoms with Crippen LogP contribution in [0.3, 0.4) is 0 Å². The lowest BCUT2D eigenvalue weighted by atomic mass is 10.0. The van der Waals surface area contributed by atoms with Crippen LogP contribution in [0.2, 0.25) is 0 Å². The Morgan fingerprint density at radius 3 is 1.57 bits per heavy atom. The van der Waals surface area contributed by atoms with E-state index in [1.165, 1.54) is 0 Å². The normalized spacial score (nSPS) is 9.90. The minimum Gasteiger partial charge on any atom is -0.396 e. The van der Waals surface area contributed by atoms with Crippen molar-refractivity contribution in [3.63, 3.8) is 0 Å². The number of hydrogen-bond donors (Lipinski definition) is 3. The van der Waals surface area contributed by atoms with Gasteiger partial charge in [-0.05, 0) is 6.42 Å². The van der Waals surface area contributed by atoms with Gasteiger partial charge in [0.2, 0.25) is 0 Å². The SMILES string of the molecule is O=C(c1ccccc1)c1ccccc1.OCCCC(O)O. The number of hydrogen-bond acceptors (Lipinski definition) is 4. The third kappa shape index (κ3) is 6.81. The Hall–Kier alpha value is -2.01. The van der Waals surface area contributed by atoms with Crippen molar-refractivity contribution in [3.05, 3.63) is 71.8 Å². The van der Waals surface area contributed by atoms with Crippen LogP contribution in [-0.4, -0.2) is 34.0 Å². The van der Waals surface area contributed by atoms with Crippen molar-refractivity contribution in [1.82, 2.24) is 0 Å². The monoisotopic (exact) mass is 288 g/mol. The van der Waals surface area contributed by atoms with Crippen LogP contribution >= 0.6 is 0 Å². The number of carbonyl (C=O) groups is 1. The highest BCUT2D eigenvalue weighted by Gasteiger charge is 2.06. The second-order valence-corrected chi connectivity index (χ2v) is 4.41. The molecule has 2 rings (SSSR count). The maximum Gasteiger partial charge on any atom is 0.193 e. The van der Waals surface area contributed by atoms with Gasteiger partial charge >= 0.3 is 0 Å². The van der Waals surface area contributed by atoms with Crippen molar-refractivity contribution in [2.45, 2.75) is 19.1 Å². The van der Waals surface area contributed by atoms with Gasteiger partial charge in [0, 0.05) is 24.2 Å². The first-order valence-corrected chi connectivity index (χ1v) is 6.77. The molecule has 3 N–H and O–H groups in total. The van der Waals surface area contributed by atoms with E-state index in [0.717, 1.165) is 11.1 Å². The maximum absolute atomic E-state index is 11.8. The molecule has 0 aliphatic carbocycles. The van der Waals surface area contributed by atoms with Crippen molar-refractivity contribution in [2.24, 2.45) is 0 Å². The van der Waals surface area contributed by atoms with E-state index in [2.05, 4.69) is 0 Å². The molecular formula is C17H20O4. The molecule has 0 aromatic heterocycles. The van der Waals surface area contributed by atoms with E-state index in [0.29, 0.717) is 6.42 Å². The van der Waals surface area contributed by atoms with Crippen LogP contribution in [0.4, 0.5) is 0 Å². The minimum absolute atomic E-state index is 0.0254. The Bertz CT molecular complexity index is 467. The molecule has 0 amide bonds. The highest BCUT2D eigenvalue weighted by Crippen LogP contribution is 2.08. The quantitative estimate of drug-likeness (QED) is 0.581. The van der Waals surface area contributed by atoms with Crippen LogP contribution in [0, 0.1) is 0 Å². The molecule has 0 bridgehead atoms. The fraction of sp³-hybridized carbons (Fsp3) is 0.235. The molecule has 4 nitrogen and oxygen atoms in total. The third-order valence-electron chi connectivity index (χ3n) is 2.69. The summed E-state index contributed by atoms with van der Waals surface area (Å²) in [6.45, 7) is 0.0254. The third-order valence-corrected chi connectivity index (χ3v) is 2.69. The highest BCUT2D eigenvalue weighted by molar-refractivity contribution is 6.08. The van der Waals surface area contributed by atoms with Crippen molar-refractivity contribution in [2.75, 3.05) is 6.61 Å². The van der Waals surface area contributed by atoms with Crippen LogP contribution in [0.15, 0.2) is 60.7 Å². The molecule has 0 atom stereocenters. The minimum atomic E-state index is -1.26. The molecule has 0 fully saturated rings. The Balaban J connectivity index is 0.000000270. The van der Waals surface area contributed by atoms with Gasteiger partial charge in [0.1, 0.15) is 0 Å². The van der Waals surface area contributed by atoms with Gasteiger partial charge in [0.05, 0.1) is 0 Å². The van der Waals surface area contributed by atoms with E-state index in [1.807, 2.05) is 60.7 Å². The van der Waals surface area contributed by atoms with E-state index in [4.69, 9.17) is 15.3 Å². The first-order valence-electron chi connectivity index (χ1n) is 6.77. The largest absolute Gasteiger partial charge is 0.396 e. The lowest BCUT2D eigenvalue weighted by molar-refractivity contribution is -0.0484. The van der Waals surface area contributed by atoms with Gasteiger partial charge in [-0.15, -0.1) is 0 Å². The lowest BCUT2D eigenvalue weighted by Crippen LogP contribution is -2.03. The van der Waals surface area contributed by atoms with Crippen LogP contribution in [0.25, 0.3) is 0 Å². The summed E-state index contributed by atoms with van der Waals surface area (Å²) in [5, 5.41) is 24.3. The Labute approximate surface area is 124 Å². The van der Waals surface area contributed by atoms with Gasteiger partial charge in [-0.25, -0.2) is 0 Å². The first-order chi connectivity index (χ1) is 10.1. The summed E-state index contributed by atoms with van der Waals surface area (Å²) in [5.41, 5.74) is 1.47. The molecule has 0 heterocycles. The predicted octanol–water partition coefficient (Wildman–Crippen LogP) is 1.99. The number of benzene rings is 2. The molecule has 0 aliphatic heterocycles. The van der Waals surface area contributed by atoms with E-state index in [-0.39, 0.29) is 18.8 Å². The van der Waals surface area contributed by atoms with E-state index in [9.17, 15) is 4.79 Å². The zero-order chi connectivity index (χ0) is 15.5. The number of carbonyl (C=O) groups excluding carboxylic acids is 1. The molecule has 0 saturated heterocycles. The van der Waals surface area contributed by atoms with Crippen LogP contribution in [0.5, 0.6) is 0 Å². The molecule has 112 valence electrons. The van der Waals surface area contributed by atoms with Crippen LogP contribution in [0.1, 0.15) is 28.8 Å². The summed E-state index contributed by atoms with van der Waals surface area (Å²) in [4.78, 5) is 11.8. The second-order valence-electron chi connectivity index (χ2n) is 4.41. The van der Waals surface area contributed by atoms with Crippen molar-refractivity contribution in [1.29, 1.82) is 0 Å². The number of rotatable bonds is 5. The molecular weight excluding hydrogens is 268 g/mol. The lowest BCUT2D eigenvalue weighted by Gasteiger charge is -1.99. The predicted molar refractivity (Wildman–Crippen MR) is 80.9 cm³/mol. The molecule has 0 radical (unpaired) electrons. The standard InChI is InChI=1S/C13H10O.C4H10O3/c14-13(11-7-3-1-4-8-11)12-9-5-2-6-10-12;5-3-1-2-4(6)7/h1-10H;4-7H,1-3H2. The van der Waals surface area contributed by atoms with Gasteiger partial charge in [0.25, 0.3) is 0 Å². The molecule has 0 unspecified atom stereocenters. The van der Waals surface area contributed by atoms with Gasteiger partial charge in [-0.3, -0.25) is 4.79 Å². The number of ketones is 1. The molecule has 0 spiro atoms. The fourth-order valence-corrected chi connectivity index (χ4v) is 1.62. The molecule has 4 heteroatoms. The Morgan fingerprint density at radius 1 is 0.857 bits per heavy atom. The summed E-state index contributed by atoms with van der Waals surface area (Å²) < 4.78 is 0. The van der Waals surface area contributed by atoms with Gasteiger partial charge in [-0.2, -0.15) is 0 Å². The topological polar surface area (TPSA) is 77.8 Å². The number of aliphatic hydroxyl groups excluding tert-OH is 2. The zero-order valence-electron chi connectivity index (χ0n) is 11.7. The summed E-state index contributed by atoms with van der Waals surface area (Å²) in [6.07, 6.45) is -0.541. The molecule has 0 aliphatic rings. The van der Waals surface area contributed by atoms with Gasteiger partial charge in [0.15, 0.2) is 12.1 Å². The van der Waals surface area contributed by atoms with Gasteiger partial charge < -0.3 is 15.3 Å². The number of aliphatic hydroxyl groups is 3. The van der Waals surface area contributed by atoms with Crippen molar-refractivity contribution >= 4 is 5.78 Å². The molecule has 0 saturated carbocycles. The second kappa shape index (κ2) is 9.83. The van der Waals surface area contributed by atoms with Gasteiger partial charge in [-0.1, -0.05) is 60.7 Å². The van der Waals surface area contributed by atoms with Crippen molar-refractivity contribution in [3.8, 4) is 0 Å². The van der Waals surface area contributed by atoms with E-state index < -0.39 is 6.29 Å². The summed E-state index contributed by atoms with van der Waals surface area (Å²) >= 11 is 0. The highest BCUT2D eigenvalue weighted by atomic mass is 16.5. The average Bonchev–Trinajstić information content (AvgIpc) is 2.54. The van der Waals surface area contributed by atoms with E-state index in [1.54, 1.807) is 0 Å². The Morgan fingerprint density at radius 2 is 1.29 bits per heavy atom. The van der Waals surface area contributed by atoms with E-state index >= 15 is 0 Å². The average molecular weight is 288 g/mol.